The monoisotopic (exact) mass is 441 g/mol. The molecule has 31 heavy (non-hydrogen) atoms. The van der Waals surface area contributed by atoms with E-state index in [-0.39, 0.29) is 30.8 Å². The summed E-state index contributed by atoms with van der Waals surface area (Å²) in [6, 6.07) is 17.2. The number of carbonyl (C=O) groups is 3. The topological polar surface area (TPSA) is 117 Å². The average molecular weight is 442 g/mol. The molecule has 0 aliphatic rings. The second-order valence-corrected chi connectivity index (χ2v) is 7.39. The Morgan fingerprint density at radius 2 is 1.68 bits per heavy atom. The lowest BCUT2D eigenvalue weighted by molar-refractivity contribution is -0.138. The van der Waals surface area contributed by atoms with E-state index < -0.39 is 23.9 Å². The molecule has 1 heterocycles. The maximum atomic E-state index is 12.5. The first kappa shape index (κ1) is 22.1. The highest BCUT2D eigenvalue weighted by Gasteiger charge is 2.21. The van der Waals surface area contributed by atoms with Crippen LogP contribution in [0.5, 0.6) is 0 Å². The van der Waals surface area contributed by atoms with Crippen molar-refractivity contribution in [1.29, 1.82) is 0 Å². The third-order valence-electron chi connectivity index (χ3n) is 4.59. The first-order valence-electron chi connectivity index (χ1n) is 9.49. The van der Waals surface area contributed by atoms with Crippen LogP contribution < -0.4 is 5.32 Å². The highest BCUT2D eigenvalue weighted by molar-refractivity contribution is 6.31. The molecule has 1 atom stereocenters. The van der Waals surface area contributed by atoms with Gasteiger partial charge in [0, 0.05) is 11.1 Å². The summed E-state index contributed by atoms with van der Waals surface area (Å²) in [5.41, 5.74) is 2.62. The number of furan rings is 1. The lowest BCUT2D eigenvalue weighted by Gasteiger charge is -2.17. The van der Waals surface area contributed by atoms with Gasteiger partial charge >= 0.3 is 11.9 Å². The van der Waals surface area contributed by atoms with Gasteiger partial charge in [-0.2, -0.15) is 0 Å². The number of carboxylic acids is 2. The zero-order chi connectivity index (χ0) is 22.4. The summed E-state index contributed by atoms with van der Waals surface area (Å²) in [6.07, 6.45) is -0.463. The molecule has 0 aliphatic carbocycles. The fourth-order valence-corrected chi connectivity index (χ4v) is 3.43. The van der Waals surface area contributed by atoms with Crippen LogP contribution in [0.4, 0.5) is 0 Å². The molecule has 8 heteroatoms. The van der Waals surface area contributed by atoms with Crippen molar-refractivity contribution in [2.45, 2.75) is 25.3 Å². The standard InChI is InChI=1S/C23H20ClNO6/c24-19-11-15(14-4-2-1-3-5-14)6-7-16(19)10-17(12-21(26)27)25-23(30)20-9-8-18(31-20)13-22(28)29/h1-9,11,17H,10,12-13H2,(H,25,30)(H,26,27)(H,28,29)/t17-/m1/s1. The minimum Gasteiger partial charge on any atom is -0.481 e. The van der Waals surface area contributed by atoms with Gasteiger partial charge < -0.3 is 19.9 Å². The molecule has 1 aromatic heterocycles. The summed E-state index contributed by atoms with van der Waals surface area (Å²) >= 11 is 6.43. The number of benzene rings is 2. The van der Waals surface area contributed by atoms with E-state index in [2.05, 4.69) is 5.32 Å². The largest absolute Gasteiger partial charge is 0.481 e. The van der Waals surface area contributed by atoms with Gasteiger partial charge in [-0.05, 0) is 41.3 Å². The third kappa shape index (κ3) is 6.20. The molecule has 3 aromatic rings. The third-order valence-corrected chi connectivity index (χ3v) is 4.95. The van der Waals surface area contributed by atoms with Crippen LogP contribution in [0.1, 0.15) is 28.3 Å². The zero-order valence-corrected chi connectivity index (χ0v) is 17.1. The SMILES string of the molecule is O=C(O)Cc1ccc(C(=O)N[C@@H](CC(=O)O)Cc2ccc(-c3ccccc3)cc2Cl)o1. The Hall–Kier alpha value is -3.58. The molecule has 0 saturated heterocycles. The fourth-order valence-electron chi connectivity index (χ4n) is 3.17. The number of carbonyl (C=O) groups excluding carboxylic acids is 1. The summed E-state index contributed by atoms with van der Waals surface area (Å²) in [4.78, 5) is 34.5. The molecular weight excluding hydrogens is 422 g/mol. The molecule has 0 saturated carbocycles. The van der Waals surface area contributed by atoms with Crippen LogP contribution in [0.25, 0.3) is 11.1 Å². The van der Waals surface area contributed by atoms with Crippen molar-refractivity contribution < 1.29 is 29.0 Å². The van der Waals surface area contributed by atoms with Crippen LogP contribution in [-0.2, 0) is 22.4 Å². The minimum absolute atomic E-state index is 0.0860. The van der Waals surface area contributed by atoms with Gasteiger partial charge in [0.15, 0.2) is 5.76 Å². The molecular formula is C23H20ClNO6. The minimum atomic E-state index is -1.08. The van der Waals surface area contributed by atoms with Gasteiger partial charge in [-0.25, -0.2) is 0 Å². The molecule has 0 aliphatic heterocycles. The summed E-state index contributed by atoms with van der Waals surface area (Å²) in [7, 11) is 0. The summed E-state index contributed by atoms with van der Waals surface area (Å²) < 4.78 is 5.23. The molecule has 1 amide bonds. The van der Waals surface area contributed by atoms with Crippen LogP contribution in [0.15, 0.2) is 65.1 Å². The quantitative estimate of drug-likeness (QED) is 0.461. The van der Waals surface area contributed by atoms with Crippen molar-refractivity contribution in [2.24, 2.45) is 0 Å². The van der Waals surface area contributed by atoms with Gasteiger partial charge in [-0.3, -0.25) is 14.4 Å². The van der Waals surface area contributed by atoms with Gasteiger partial charge in [0.05, 0.1) is 6.42 Å². The second kappa shape index (κ2) is 9.95. The zero-order valence-electron chi connectivity index (χ0n) is 16.4. The smallest absolute Gasteiger partial charge is 0.311 e. The second-order valence-electron chi connectivity index (χ2n) is 6.98. The maximum Gasteiger partial charge on any atom is 0.311 e. The van der Waals surface area contributed by atoms with E-state index in [0.717, 1.165) is 11.1 Å². The molecule has 0 unspecified atom stereocenters. The predicted octanol–water partition coefficient (Wildman–Crippen LogP) is 4.04. The van der Waals surface area contributed by atoms with Crippen LogP contribution in [0.2, 0.25) is 5.02 Å². The molecule has 3 rings (SSSR count). The number of carboxylic acid groups (broad SMARTS) is 2. The van der Waals surface area contributed by atoms with Crippen molar-refractivity contribution >= 4 is 29.4 Å². The lowest BCUT2D eigenvalue weighted by Crippen LogP contribution is -2.38. The van der Waals surface area contributed by atoms with E-state index in [4.69, 9.17) is 21.1 Å². The van der Waals surface area contributed by atoms with E-state index in [1.807, 2.05) is 42.5 Å². The van der Waals surface area contributed by atoms with Gasteiger partial charge in [-0.1, -0.05) is 54.1 Å². The lowest BCUT2D eigenvalue weighted by atomic mass is 9.99. The van der Waals surface area contributed by atoms with E-state index in [1.165, 1.54) is 12.1 Å². The Kier molecular flexibility index (Phi) is 7.10. The molecule has 0 radical (unpaired) electrons. The average Bonchev–Trinajstić information content (AvgIpc) is 3.17. The number of hydrogen-bond donors (Lipinski definition) is 3. The Bertz CT molecular complexity index is 1090. The number of hydrogen-bond acceptors (Lipinski definition) is 4. The molecule has 0 fully saturated rings. The van der Waals surface area contributed by atoms with Crippen molar-refractivity contribution in [3.63, 3.8) is 0 Å². The molecule has 7 nitrogen and oxygen atoms in total. The number of amides is 1. The van der Waals surface area contributed by atoms with Gasteiger partial charge in [-0.15, -0.1) is 0 Å². The maximum absolute atomic E-state index is 12.5. The van der Waals surface area contributed by atoms with E-state index in [0.29, 0.717) is 10.6 Å². The first-order chi connectivity index (χ1) is 14.8. The van der Waals surface area contributed by atoms with E-state index in [1.54, 1.807) is 6.07 Å². The Balaban J connectivity index is 1.74. The Morgan fingerprint density at radius 3 is 2.32 bits per heavy atom. The predicted molar refractivity (Wildman–Crippen MR) is 114 cm³/mol. The van der Waals surface area contributed by atoms with Crippen molar-refractivity contribution in [3.05, 3.63) is 82.8 Å². The van der Waals surface area contributed by atoms with Crippen molar-refractivity contribution in [2.75, 3.05) is 0 Å². The molecule has 2 aromatic carbocycles. The first-order valence-corrected chi connectivity index (χ1v) is 9.86. The molecule has 160 valence electrons. The Morgan fingerprint density at radius 1 is 0.935 bits per heavy atom. The summed E-state index contributed by atoms with van der Waals surface area (Å²) in [5.74, 6) is -2.74. The van der Waals surface area contributed by atoms with Crippen LogP contribution in [0, 0.1) is 0 Å². The highest BCUT2D eigenvalue weighted by atomic mass is 35.5. The number of rotatable bonds is 9. The molecule has 0 bridgehead atoms. The molecule has 0 spiro atoms. The van der Waals surface area contributed by atoms with Gasteiger partial charge in [0.1, 0.15) is 12.2 Å². The highest BCUT2D eigenvalue weighted by Crippen LogP contribution is 2.26. The van der Waals surface area contributed by atoms with Gasteiger partial charge in [0.25, 0.3) is 5.91 Å². The number of nitrogens with one attached hydrogen (secondary N) is 1. The Labute approximate surface area is 183 Å². The van der Waals surface area contributed by atoms with Crippen molar-refractivity contribution in [3.8, 4) is 11.1 Å². The van der Waals surface area contributed by atoms with Crippen LogP contribution in [0.3, 0.4) is 0 Å². The van der Waals surface area contributed by atoms with Crippen LogP contribution in [-0.4, -0.2) is 34.1 Å². The summed E-state index contributed by atoms with van der Waals surface area (Å²) in [5, 5.41) is 21.1. The molecule has 3 N–H and O–H groups in total. The number of halogens is 1. The van der Waals surface area contributed by atoms with Crippen LogP contribution >= 0.6 is 11.6 Å². The van der Waals surface area contributed by atoms with E-state index in [9.17, 15) is 19.5 Å². The van der Waals surface area contributed by atoms with Gasteiger partial charge in [0.2, 0.25) is 0 Å². The fraction of sp³-hybridized carbons (Fsp3) is 0.174. The summed E-state index contributed by atoms with van der Waals surface area (Å²) in [6.45, 7) is 0. The van der Waals surface area contributed by atoms with E-state index >= 15 is 0 Å². The number of aliphatic carboxylic acids is 2. The van der Waals surface area contributed by atoms with Crippen molar-refractivity contribution in [1.82, 2.24) is 5.32 Å². The normalized spacial score (nSPS) is 11.6.